The Balaban J connectivity index is 1.65. The average molecular weight is 303 g/mol. The molecule has 5 nitrogen and oxygen atoms in total. The van der Waals surface area contributed by atoms with Gasteiger partial charge < -0.3 is 14.8 Å². The predicted molar refractivity (Wildman–Crippen MR) is 84.6 cm³/mol. The van der Waals surface area contributed by atoms with Gasteiger partial charge in [-0.3, -0.25) is 9.59 Å². The molecule has 3 rings (SSSR count). The van der Waals surface area contributed by atoms with Crippen LogP contribution in [-0.2, 0) is 10.3 Å². The number of rotatable bonds is 1. The number of hydrogen-bond donors (Lipinski definition) is 1. The predicted octanol–water partition coefficient (Wildman–Crippen LogP) is 1.99. The first-order valence-corrected chi connectivity index (χ1v) is 8.04. The molecule has 2 aliphatic rings. The summed E-state index contributed by atoms with van der Waals surface area (Å²) in [6.07, 6.45) is 6.36. The topological polar surface area (TPSA) is 54.3 Å². The second kappa shape index (κ2) is 5.14. The van der Waals surface area contributed by atoms with Crippen LogP contribution in [0.15, 0.2) is 18.5 Å². The molecule has 2 aliphatic heterocycles. The lowest BCUT2D eigenvalue weighted by Crippen LogP contribution is -2.44. The number of hydrogen-bond acceptors (Lipinski definition) is 2. The SMILES string of the molecule is CC(C)(C)n1ccc(C(=O)N2CCC3(CC2)CNC(=O)C3)c1. The van der Waals surface area contributed by atoms with Crippen LogP contribution in [-0.4, -0.2) is 40.9 Å². The minimum atomic E-state index is -0.0135. The molecular weight excluding hydrogens is 278 g/mol. The van der Waals surface area contributed by atoms with E-state index >= 15 is 0 Å². The van der Waals surface area contributed by atoms with Gasteiger partial charge in [0.05, 0.1) is 5.56 Å². The van der Waals surface area contributed by atoms with Crippen molar-refractivity contribution in [1.82, 2.24) is 14.8 Å². The number of likely N-dealkylation sites (tertiary alicyclic amines) is 1. The normalized spacial score (nSPS) is 21.2. The lowest BCUT2D eigenvalue weighted by Gasteiger charge is -2.38. The zero-order valence-electron chi connectivity index (χ0n) is 13.7. The first kappa shape index (κ1) is 15.1. The van der Waals surface area contributed by atoms with Gasteiger partial charge in [0.1, 0.15) is 0 Å². The molecule has 0 radical (unpaired) electrons. The van der Waals surface area contributed by atoms with E-state index in [0.717, 1.165) is 38.0 Å². The molecule has 1 aromatic rings. The van der Waals surface area contributed by atoms with Gasteiger partial charge >= 0.3 is 0 Å². The van der Waals surface area contributed by atoms with Crippen LogP contribution >= 0.6 is 0 Å². The van der Waals surface area contributed by atoms with E-state index < -0.39 is 0 Å². The Kier molecular flexibility index (Phi) is 3.54. The quantitative estimate of drug-likeness (QED) is 0.862. The molecule has 0 unspecified atom stereocenters. The highest BCUT2D eigenvalue weighted by Crippen LogP contribution is 2.37. The molecule has 0 saturated carbocycles. The Morgan fingerprint density at radius 1 is 1.27 bits per heavy atom. The summed E-state index contributed by atoms with van der Waals surface area (Å²) in [5.74, 6) is 0.261. The first-order chi connectivity index (χ1) is 10.3. The van der Waals surface area contributed by atoms with Gasteiger partial charge in [0.15, 0.2) is 0 Å². The fourth-order valence-electron chi connectivity index (χ4n) is 3.41. The van der Waals surface area contributed by atoms with E-state index in [2.05, 4.69) is 30.7 Å². The summed E-state index contributed by atoms with van der Waals surface area (Å²) < 4.78 is 2.07. The molecule has 5 heteroatoms. The molecular formula is C17H25N3O2. The van der Waals surface area contributed by atoms with E-state index in [1.165, 1.54) is 0 Å². The first-order valence-electron chi connectivity index (χ1n) is 8.04. The maximum atomic E-state index is 12.6. The summed E-state index contributed by atoms with van der Waals surface area (Å²) in [5, 5.41) is 2.93. The van der Waals surface area contributed by atoms with E-state index in [-0.39, 0.29) is 22.8 Å². The van der Waals surface area contributed by atoms with Gasteiger partial charge in [-0.2, -0.15) is 0 Å². The van der Waals surface area contributed by atoms with Crippen molar-refractivity contribution in [2.45, 2.75) is 45.6 Å². The van der Waals surface area contributed by atoms with Crippen LogP contribution in [0.4, 0.5) is 0 Å². The summed E-state index contributed by atoms with van der Waals surface area (Å²) in [4.78, 5) is 26.0. The van der Waals surface area contributed by atoms with Crippen molar-refractivity contribution in [3.05, 3.63) is 24.0 Å². The summed E-state index contributed by atoms with van der Waals surface area (Å²) in [7, 11) is 0. The molecule has 0 aromatic carbocycles. The highest BCUT2D eigenvalue weighted by Gasteiger charge is 2.41. The number of amides is 2. The summed E-state index contributed by atoms with van der Waals surface area (Å²) >= 11 is 0. The summed E-state index contributed by atoms with van der Waals surface area (Å²) in [5.41, 5.74) is 0.831. The smallest absolute Gasteiger partial charge is 0.255 e. The van der Waals surface area contributed by atoms with Crippen molar-refractivity contribution in [3.63, 3.8) is 0 Å². The van der Waals surface area contributed by atoms with Crippen LogP contribution in [0.5, 0.6) is 0 Å². The van der Waals surface area contributed by atoms with E-state index in [1.54, 1.807) is 0 Å². The molecule has 22 heavy (non-hydrogen) atoms. The van der Waals surface area contributed by atoms with Crippen molar-refractivity contribution in [3.8, 4) is 0 Å². The second-order valence-corrected chi connectivity index (χ2v) is 7.72. The number of carbonyl (C=O) groups excluding carboxylic acids is 2. The molecule has 3 heterocycles. The van der Waals surface area contributed by atoms with Crippen molar-refractivity contribution < 1.29 is 9.59 Å². The zero-order chi connectivity index (χ0) is 16.0. The standard InChI is InChI=1S/C17H25N3O2/c1-16(2,3)20-7-4-13(11-20)15(22)19-8-5-17(6-9-19)10-14(21)18-12-17/h4,7,11H,5-6,8-10,12H2,1-3H3,(H,18,21). The molecule has 1 N–H and O–H groups in total. The van der Waals surface area contributed by atoms with Crippen LogP contribution in [0.1, 0.15) is 50.4 Å². The van der Waals surface area contributed by atoms with Gasteiger partial charge in [-0.05, 0) is 45.1 Å². The molecule has 1 aromatic heterocycles. The molecule has 120 valence electrons. The minimum Gasteiger partial charge on any atom is -0.356 e. The Morgan fingerprint density at radius 3 is 2.45 bits per heavy atom. The van der Waals surface area contributed by atoms with Gasteiger partial charge in [-0.1, -0.05) is 0 Å². The highest BCUT2D eigenvalue weighted by molar-refractivity contribution is 5.94. The molecule has 2 amide bonds. The van der Waals surface area contributed by atoms with Crippen LogP contribution in [0, 0.1) is 5.41 Å². The average Bonchev–Trinajstić information content (AvgIpc) is 3.06. The van der Waals surface area contributed by atoms with E-state index in [1.807, 2.05) is 23.4 Å². The van der Waals surface area contributed by atoms with E-state index in [9.17, 15) is 9.59 Å². The second-order valence-electron chi connectivity index (χ2n) is 7.72. The maximum absolute atomic E-state index is 12.6. The largest absolute Gasteiger partial charge is 0.356 e. The molecule has 0 aliphatic carbocycles. The maximum Gasteiger partial charge on any atom is 0.255 e. The number of piperidine rings is 1. The Bertz CT molecular complexity index is 589. The van der Waals surface area contributed by atoms with Gasteiger partial charge in [0.2, 0.25) is 5.91 Å². The Hall–Kier alpha value is -1.78. The minimum absolute atomic E-state index is 0.0135. The third-order valence-electron chi connectivity index (χ3n) is 5.02. The fraction of sp³-hybridized carbons (Fsp3) is 0.647. The van der Waals surface area contributed by atoms with Crippen LogP contribution < -0.4 is 5.32 Å². The van der Waals surface area contributed by atoms with Gasteiger partial charge in [0.25, 0.3) is 5.91 Å². The lowest BCUT2D eigenvalue weighted by molar-refractivity contribution is -0.119. The van der Waals surface area contributed by atoms with E-state index in [4.69, 9.17) is 0 Å². The monoisotopic (exact) mass is 303 g/mol. The number of nitrogens with one attached hydrogen (secondary N) is 1. The third-order valence-corrected chi connectivity index (χ3v) is 5.02. The van der Waals surface area contributed by atoms with Crippen molar-refractivity contribution in [2.24, 2.45) is 5.41 Å². The number of carbonyl (C=O) groups is 2. The Labute approximate surface area is 131 Å². The Morgan fingerprint density at radius 2 is 1.95 bits per heavy atom. The third kappa shape index (κ3) is 2.76. The molecule has 2 fully saturated rings. The molecule has 2 saturated heterocycles. The highest BCUT2D eigenvalue weighted by atomic mass is 16.2. The lowest BCUT2D eigenvalue weighted by atomic mass is 9.77. The molecule has 0 bridgehead atoms. The van der Waals surface area contributed by atoms with Gasteiger partial charge in [-0.25, -0.2) is 0 Å². The number of nitrogens with zero attached hydrogens (tertiary/aromatic N) is 2. The van der Waals surface area contributed by atoms with Crippen molar-refractivity contribution >= 4 is 11.8 Å². The summed E-state index contributed by atoms with van der Waals surface area (Å²) in [6.45, 7) is 8.62. The summed E-state index contributed by atoms with van der Waals surface area (Å²) in [6, 6.07) is 1.90. The molecule has 0 atom stereocenters. The van der Waals surface area contributed by atoms with Gasteiger partial charge in [-0.15, -0.1) is 0 Å². The number of aromatic nitrogens is 1. The van der Waals surface area contributed by atoms with Crippen LogP contribution in [0.25, 0.3) is 0 Å². The van der Waals surface area contributed by atoms with E-state index in [0.29, 0.717) is 6.42 Å². The van der Waals surface area contributed by atoms with Crippen LogP contribution in [0.2, 0.25) is 0 Å². The van der Waals surface area contributed by atoms with Gasteiger partial charge in [0, 0.05) is 44.0 Å². The fourth-order valence-corrected chi connectivity index (χ4v) is 3.41. The molecule has 1 spiro atoms. The van der Waals surface area contributed by atoms with Crippen molar-refractivity contribution in [1.29, 1.82) is 0 Å². The van der Waals surface area contributed by atoms with Crippen molar-refractivity contribution in [2.75, 3.05) is 19.6 Å². The van der Waals surface area contributed by atoms with Crippen LogP contribution in [0.3, 0.4) is 0 Å². The zero-order valence-corrected chi connectivity index (χ0v) is 13.7.